The summed E-state index contributed by atoms with van der Waals surface area (Å²) in [6.07, 6.45) is -0.0362. The molecule has 5 atom stereocenters. The zero-order valence-electron chi connectivity index (χ0n) is 27.2. The number of carbonyl (C=O) groups is 5. The third-order valence-corrected chi connectivity index (χ3v) is 8.76. The van der Waals surface area contributed by atoms with Crippen LogP contribution in [-0.4, -0.2) is 90.3 Å². The van der Waals surface area contributed by atoms with Crippen molar-refractivity contribution in [2.24, 2.45) is 11.8 Å². The Labute approximate surface area is 269 Å². The molecule has 1 aromatic carbocycles. The first-order chi connectivity index (χ1) is 21.3. The summed E-state index contributed by atoms with van der Waals surface area (Å²) in [5.74, 6) is -3.00. The minimum absolute atomic E-state index is 0.0314. The maximum Gasteiger partial charge on any atom is 0.310 e. The monoisotopic (exact) mass is 645 g/mol. The highest BCUT2D eigenvalue weighted by Gasteiger charge is 2.35. The quantitative estimate of drug-likeness (QED) is 0.168. The van der Waals surface area contributed by atoms with Gasteiger partial charge in [-0.3, -0.25) is 24.0 Å². The van der Waals surface area contributed by atoms with E-state index in [9.17, 15) is 24.0 Å². The van der Waals surface area contributed by atoms with Gasteiger partial charge in [-0.15, -0.1) is 11.3 Å². The molecule has 2 rings (SSSR count). The molecule has 0 saturated carbocycles. The fourth-order valence-corrected chi connectivity index (χ4v) is 5.87. The number of hydrogen-bond donors (Lipinski definition) is 4. The van der Waals surface area contributed by atoms with Crippen molar-refractivity contribution in [1.29, 1.82) is 0 Å². The molecule has 0 fully saturated rings. The van der Waals surface area contributed by atoms with Crippen LogP contribution in [0.25, 0.3) is 0 Å². The second kappa shape index (κ2) is 18.3. The smallest absolute Gasteiger partial charge is 0.310 e. The molecule has 13 heteroatoms. The number of benzene rings is 1. The maximum atomic E-state index is 13.7. The molecule has 0 aliphatic rings. The number of carboxylic acid groups (broad SMARTS) is 1. The summed E-state index contributed by atoms with van der Waals surface area (Å²) in [5.41, 5.74) is 0.850. The molecule has 45 heavy (non-hydrogen) atoms. The van der Waals surface area contributed by atoms with Gasteiger partial charge in [-0.05, 0) is 30.9 Å². The Kier molecular flexibility index (Phi) is 15.3. The number of thiazole rings is 1. The van der Waals surface area contributed by atoms with Gasteiger partial charge in [0.25, 0.3) is 5.91 Å². The fourth-order valence-electron chi connectivity index (χ4n) is 4.99. The van der Waals surface area contributed by atoms with Crippen molar-refractivity contribution in [2.75, 3.05) is 27.7 Å². The number of nitrogens with zero attached hydrogens (tertiary/aromatic N) is 2. The Morgan fingerprint density at radius 3 is 2.29 bits per heavy atom. The SMILES string of the molecule is CCC(C)[C@H](NC(=O)CNC)C(=O)N(C)[C@H](CC(OC)c1nc(C(=O)N[C@@H](Cc2ccccc2)C(=O)CC(=O)O)cs1)C(C)C. The van der Waals surface area contributed by atoms with Gasteiger partial charge in [0, 0.05) is 32.0 Å². The van der Waals surface area contributed by atoms with E-state index in [1.165, 1.54) is 18.4 Å². The first kappa shape index (κ1) is 37.5. The van der Waals surface area contributed by atoms with Crippen LogP contribution >= 0.6 is 11.3 Å². The van der Waals surface area contributed by atoms with E-state index in [0.29, 0.717) is 17.8 Å². The van der Waals surface area contributed by atoms with E-state index in [4.69, 9.17) is 9.84 Å². The summed E-state index contributed by atoms with van der Waals surface area (Å²) >= 11 is 1.22. The Bertz CT molecular complexity index is 1290. The number of ketones is 1. The van der Waals surface area contributed by atoms with Gasteiger partial charge in [-0.25, -0.2) is 4.98 Å². The van der Waals surface area contributed by atoms with Gasteiger partial charge in [-0.1, -0.05) is 64.4 Å². The van der Waals surface area contributed by atoms with Crippen LogP contribution in [0.4, 0.5) is 0 Å². The van der Waals surface area contributed by atoms with Crippen LogP contribution in [0.3, 0.4) is 0 Å². The van der Waals surface area contributed by atoms with Crippen molar-refractivity contribution in [1.82, 2.24) is 25.8 Å². The number of aliphatic carboxylic acids is 1. The van der Waals surface area contributed by atoms with E-state index in [1.807, 2.05) is 33.8 Å². The van der Waals surface area contributed by atoms with Gasteiger partial charge >= 0.3 is 5.97 Å². The highest BCUT2D eigenvalue weighted by molar-refractivity contribution is 7.09. The van der Waals surface area contributed by atoms with Crippen LogP contribution in [0, 0.1) is 11.8 Å². The van der Waals surface area contributed by atoms with E-state index >= 15 is 0 Å². The molecule has 0 aliphatic heterocycles. The average molecular weight is 646 g/mol. The largest absolute Gasteiger partial charge is 0.481 e. The number of carbonyl (C=O) groups excluding carboxylic acids is 4. The lowest BCUT2D eigenvalue weighted by Gasteiger charge is -2.37. The van der Waals surface area contributed by atoms with E-state index in [-0.39, 0.29) is 48.4 Å². The van der Waals surface area contributed by atoms with Crippen LogP contribution in [0.2, 0.25) is 0 Å². The van der Waals surface area contributed by atoms with Crippen molar-refractivity contribution in [2.45, 2.75) is 77.6 Å². The zero-order valence-corrected chi connectivity index (χ0v) is 28.0. The lowest BCUT2D eigenvalue weighted by atomic mass is 9.93. The van der Waals surface area contributed by atoms with Gasteiger partial charge < -0.3 is 30.7 Å². The van der Waals surface area contributed by atoms with Crippen molar-refractivity contribution in [3.8, 4) is 0 Å². The highest BCUT2D eigenvalue weighted by Crippen LogP contribution is 2.30. The molecule has 2 unspecified atom stereocenters. The minimum Gasteiger partial charge on any atom is -0.481 e. The molecule has 0 aliphatic carbocycles. The molecule has 2 aromatic rings. The van der Waals surface area contributed by atoms with Crippen LogP contribution < -0.4 is 16.0 Å². The predicted molar refractivity (Wildman–Crippen MR) is 172 cm³/mol. The van der Waals surface area contributed by atoms with E-state index in [2.05, 4.69) is 20.9 Å². The molecule has 0 spiro atoms. The topological polar surface area (TPSA) is 167 Å². The summed E-state index contributed by atoms with van der Waals surface area (Å²) in [7, 11) is 4.92. The van der Waals surface area contributed by atoms with Gasteiger partial charge in [0.05, 0.1) is 12.6 Å². The second-order valence-electron chi connectivity index (χ2n) is 11.5. The van der Waals surface area contributed by atoms with Crippen molar-refractivity contribution >= 4 is 40.8 Å². The van der Waals surface area contributed by atoms with Crippen molar-refractivity contribution in [3.05, 3.63) is 52.0 Å². The van der Waals surface area contributed by atoms with Crippen molar-refractivity contribution < 1.29 is 33.8 Å². The van der Waals surface area contributed by atoms with Crippen molar-refractivity contribution in [3.63, 3.8) is 0 Å². The lowest BCUT2D eigenvalue weighted by molar-refractivity contribution is -0.141. The Hall–Kier alpha value is -3.68. The van der Waals surface area contributed by atoms with Gasteiger partial charge in [0.1, 0.15) is 29.3 Å². The molecular weight excluding hydrogens is 598 g/mol. The number of nitrogens with one attached hydrogen (secondary N) is 3. The summed E-state index contributed by atoms with van der Waals surface area (Å²) in [6, 6.07) is 7.00. The lowest BCUT2D eigenvalue weighted by Crippen LogP contribution is -2.55. The zero-order chi connectivity index (χ0) is 33.7. The Balaban J connectivity index is 2.23. The Morgan fingerprint density at radius 1 is 1.07 bits per heavy atom. The second-order valence-corrected chi connectivity index (χ2v) is 12.4. The number of carboxylic acids is 1. The molecule has 12 nitrogen and oxygen atoms in total. The van der Waals surface area contributed by atoms with Gasteiger partial charge in [-0.2, -0.15) is 0 Å². The number of aromatic nitrogens is 1. The van der Waals surface area contributed by atoms with Gasteiger partial charge in [0.2, 0.25) is 11.8 Å². The number of Topliss-reactive ketones (excluding diaryl/α,β-unsaturated/α-hetero) is 1. The first-order valence-electron chi connectivity index (χ1n) is 15.1. The Morgan fingerprint density at radius 2 is 1.73 bits per heavy atom. The number of amides is 3. The number of likely N-dealkylation sites (N-methyl/N-ethyl adjacent to an activating group) is 2. The van der Waals surface area contributed by atoms with E-state index < -0.39 is 42.3 Å². The third-order valence-electron chi connectivity index (χ3n) is 7.82. The molecule has 0 bridgehead atoms. The summed E-state index contributed by atoms with van der Waals surface area (Å²) in [4.78, 5) is 69.3. The fraction of sp³-hybridized carbons (Fsp3) is 0.562. The van der Waals surface area contributed by atoms with Crippen LogP contribution in [0.5, 0.6) is 0 Å². The summed E-state index contributed by atoms with van der Waals surface area (Å²) in [5, 5.41) is 19.6. The maximum absolute atomic E-state index is 13.7. The molecule has 0 saturated heterocycles. The molecule has 248 valence electrons. The van der Waals surface area contributed by atoms with Crippen LogP contribution in [0.1, 0.15) is 74.1 Å². The number of hydrogen-bond acceptors (Lipinski definition) is 9. The van der Waals surface area contributed by atoms with Crippen LogP contribution in [0.15, 0.2) is 35.7 Å². The molecule has 3 amide bonds. The molecule has 4 N–H and O–H groups in total. The molecule has 1 heterocycles. The number of ether oxygens (including phenoxy) is 1. The highest BCUT2D eigenvalue weighted by atomic mass is 32.1. The van der Waals surface area contributed by atoms with Crippen LogP contribution in [-0.2, 0) is 30.3 Å². The standard InChI is InChI=1S/C32H47N5O7S/c1-8-20(4)29(36-27(39)17-33-5)32(43)37(6)24(19(2)3)15-26(44-7)31-35-23(18-45-31)30(42)34-22(25(38)16-28(40)41)14-21-12-10-9-11-13-21/h9-13,18-20,22,24,26,29,33H,8,14-17H2,1-7H3,(H,34,42)(H,36,39)(H,40,41)/t20?,22-,24+,26?,29-/m0/s1. The first-order valence-corrected chi connectivity index (χ1v) is 16.0. The predicted octanol–water partition coefficient (Wildman–Crippen LogP) is 2.84. The minimum atomic E-state index is -1.27. The molecule has 1 aromatic heterocycles. The van der Waals surface area contributed by atoms with E-state index in [0.717, 1.165) is 5.56 Å². The average Bonchev–Trinajstić information content (AvgIpc) is 3.49. The molecular formula is C32H47N5O7S. The summed E-state index contributed by atoms with van der Waals surface area (Å²) in [6.45, 7) is 8.00. The van der Waals surface area contributed by atoms with Gasteiger partial charge in [0.15, 0.2) is 5.78 Å². The normalized spacial score (nSPS) is 14.6. The number of rotatable bonds is 19. The third kappa shape index (κ3) is 11.3. The molecule has 0 radical (unpaired) electrons. The summed E-state index contributed by atoms with van der Waals surface area (Å²) < 4.78 is 5.79. The van der Waals surface area contributed by atoms with E-state index in [1.54, 1.807) is 48.6 Å². The number of methoxy groups -OCH3 is 1.